The first-order chi connectivity index (χ1) is 4.27. The van der Waals surface area contributed by atoms with Crippen molar-refractivity contribution in [1.29, 1.82) is 0 Å². The van der Waals surface area contributed by atoms with Crippen molar-refractivity contribution in [2.75, 3.05) is 19.8 Å². The monoisotopic (exact) mass is 169 g/mol. The van der Waals surface area contributed by atoms with Gasteiger partial charge in [-0.1, -0.05) is 0 Å². The van der Waals surface area contributed by atoms with Crippen LogP contribution in [0.15, 0.2) is 0 Å². The van der Waals surface area contributed by atoms with Gasteiger partial charge in [0.25, 0.3) is 0 Å². The maximum atomic E-state index is 12.0. The highest BCUT2D eigenvalue weighted by molar-refractivity contribution is 5.85. The third kappa shape index (κ3) is 2.40. The summed E-state index contributed by atoms with van der Waals surface area (Å²) in [5.74, 6) is 0. The van der Waals surface area contributed by atoms with Crippen LogP contribution in [0.3, 0.4) is 0 Å². The van der Waals surface area contributed by atoms with E-state index >= 15 is 0 Å². The van der Waals surface area contributed by atoms with E-state index in [0.29, 0.717) is 12.8 Å². The molecular weight excluding hydrogens is 157 g/mol. The third-order valence-electron chi connectivity index (χ3n) is 1.78. The van der Waals surface area contributed by atoms with Crippen molar-refractivity contribution >= 4 is 12.4 Å². The summed E-state index contributed by atoms with van der Waals surface area (Å²) in [4.78, 5) is 0. The predicted molar refractivity (Wildman–Crippen MR) is 40.3 cm³/mol. The Morgan fingerprint density at radius 3 is 2.20 bits per heavy atom. The molecule has 2 N–H and O–H groups in total. The Morgan fingerprint density at radius 2 is 1.90 bits per heavy atom. The topological polar surface area (TPSA) is 32.3 Å². The van der Waals surface area contributed by atoms with Gasteiger partial charge in [0.2, 0.25) is 0 Å². The van der Waals surface area contributed by atoms with Crippen molar-refractivity contribution in [2.45, 2.75) is 18.4 Å². The van der Waals surface area contributed by atoms with E-state index in [0.717, 1.165) is 13.1 Å². The lowest BCUT2D eigenvalue weighted by molar-refractivity contribution is -0.0110. The maximum absolute atomic E-state index is 12.0. The number of halogens is 2. The molecule has 0 aromatic rings. The zero-order valence-electron chi connectivity index (χ0n) is 5.77. The number of nitrogens with one attached hydrogen (secondary N) is 1. The third-order valence-corrected chi connectivity index (χ3v) is 1.78. The summed E-state index contributed by atoms with van der Waals surface area (Å²) in [6.45, 7) is 0.871. The molecular formula is C6H13ClFNO. The molecule has 0 amide bonds. The van der Waals surface area contributed by atoms with Crippen LogP contribution in [0.5, 0.6) is 0 Å². The molecule has 0 aromatic carbocycles. The molecule has 0 saturated carbocycles. The Hall–Kier alpha value is 0.140. The SMILES string of the molecule is Cl.OC1(CF)CCNCC1. The normalized spacial score (nSPS) is 23.4. The van der Waals surface area contributed by atoms with Gasteiger partial charge in [-0.3, -0.25) is 0 Å². The molecule has 4 heteroatoms. The summed E-state index contributed by atoms with van der Waals surface area (Å²) in [6.07, 6.45) is 1.09. The smallest absolute Gasteiger partial charge is 0.118 e. The van der Waals surface area contributed by atoms with Gasteiger partial charge in [-0.2, -0.15) is 0 Å². The number of hydrogen-bond donors (Lipinski definition) is 2. The van der Waals surface area contributed by atoms with E-state index in [1.807, 2.05) is 0 Å². The number of rotatable bonds is 1. The maximum Gasteiger partial charge on any atom is 0.118 e. The molecule has 1 heterocycles. The van der Waals surface area contributed by atoms with Gasteiger partial charge in [0.1, 0.15) is 6.67 Å². The van der Waals surface area contributed by atoms with Gasteiger partial charge in [0.05, 0.1) is 5.60 Å². The van der Waals surface area contributed by atoms with E-state index in [9.17, 15) is 9.50 Å². The number of hydrogen-bond acceptors (Lipinski definition) is 2. The van der Waals surface area contributed by atoms with Crippen molar-refractivity contribution in [3.8, 4) is 0 Å². The molecule has 1 saturated heterocycles. The highest BCUT2D eigenvalue weighted by Gasteiger charge is 2.28. The van der Waals surface area contributed by atoms with Crippen LogP contribution in [0, 0.1) is 0 Å². The highest BCUT2D eigenvalue weighted by Crippen LogP contribution is 2.17. The summed E-state index contributed by atoms with van der Waals surface area (Å²) in [5.41, 5.74) is -1.01. The summed E-state index contributed by atoms with van der Waals surface area (Å²) in [7, 11) is 0. The van der Waals surface area contributed by atoms with Crippen LogP contribution in [0.1, 0.15) is 12.8 Å². The van der Waals surface area contributed by atoms with E-state index in [1.165, 1.54) is 0 Å². The van der Waals surface area contributed by atoms with Gasteiger partial charge in [-0.25, -0.2) is 4.39 Å². The quantitative estimate of drug-likeness (QED) is 0.599. The highest BCUT2D eigenvalue weighted by atomic mass is 35.5. The molecule has 0 radical (unpaired) electrons. The van der Waals surface area contributed by atoms with E-state index in [2.05, 4.69) is 5.32 Å². The largest absolute Gasteiger partial charge is 0.387 e. The molecule has 0 bridgehead atoms. The van der Waals surface area contributed by atoms with Crippen LogP contribution in [-0.4, -0.2) is 30.5 Å². The van der Waals surface area contributed by atoms with E-state index in [-0.39, 0.29) is 12.4 Å². The standard InChI is InChI=1S/C6H12FNO.ClH/c7-5-6(9)1-3-8-4-2-6;/h8-9H,1-5H2;1H. The first-order valence-corrected chi connectivity index (χ1v) is 3.26. The minimum Gasteiger partial charge on any atom is -0.387 e. The minimum absolute atomic E-state index is 0. The Labute approximate surface area is 66.2 Å². The Kier molecular flexibility index (Phi) is 4.17. The fraction of sp³-hybridized carbons (Fsp3) is 1.00. The molecule has 0 aromatic heterocycles. The average Bonchev–Trinajstić information content (AvgIpc) is 1.90. The van der Waals surface area contributed by atoms with Crippen LogP contribution >= 0.6 is 12.4 Å². The molecule has 62 valence electrons. The summed E-state index contributed by atoms with van der Waals surface area (Å²) in [6, 6.07) is 0. The molecule has 2 nitrogen and oxygen atoms in total. The summed E-state index contributed by atoms with van der Waals surface area (Å²) in [5, 5.41) is 12.3. The number of aliphatic hydroxyl groups is 1. The fourth-order valence-corrected chi connectivity index (χ4v) is 1.03. The second-order valence-electron chi connectivity index (χ2n) is 2.61. The van der Waals surface area contributed by atoms with E-state index < -0.39 is 12.3 Å². The zero-order valence-corrected chi connectivity index (χ0v) is 6.59. The van der Waals surface area contributed by atoms with Gasteiger partial charge in [-0.05, 0) is 25.9 Å². The van der Waals surface area contributed by atoms with Crippen LogP contribution in [-0.2, 0) is 0 Å². The van der Waals surface area contributed by atoms with Crippen molar-refractivity contribution in [2.24, 2.45) is 0 Å². The lowest BCUT2D eigenvalue weighted by atomic mass is 9.94. The second-order valence-corrected chi connectivity index (χ2v) is 2.61. The van der Waals surface area contributed by atoms with Gasteiger partial charge >= 0.3 is 0 Å². The van der Waals surface area contributed by atoms with E-state index in [1.54, 1.807) is 0 Å². The zero-order chi connectivity index (χ0) is 6.74. The van der Waals surface area contributed by atoms with Gasteiger partial charge in [0, 0.05) is 0 Å². The molecule has 0 unspecified atom stereocenters. The van der Waals surface area contributed by atoms with Gasteiger partial charge < -0.3 is 10.4 Å². The minimum atomic E-state index is -1.01. The molecule has 0 spiro atoms. The van der Waals surface area contributed by atoms with Gasteiger partial charge in [-0.15, -0.1) is 12.4 Å². The first kappa shape index (κ1) is 10.1. The van der Waals surface area contributed by atoms with Crippen LogP contribution in [0.25, 0.3) is 0 Å². The van der Waals surface area contributed by atoms with Crippen LogP contribution in [0.2, 0.25) is 0 Å². The second kappa shape index (κ2) is 4.11. The lowest BCUT2D eigenvalue weighted by Gasteiger charge is -2.29. The number of alkyl halides is 1. The Morgan fingerprint density at radius 1 is 1.40 bits per heavy atom. The van der Waals surface area contributed by atoms with Gasteiger partial charge in [0.15, 0.2) is 0 Å². The van der Waals surface area contributed by atoms with Crippen molar-refractivity contribution in [3.63, 3.8) is 0 Å². The number of piperidine rings is 1. The average molecular weight is 170 g/mol. The van der Waals surface area contributed by atoms with Crippen molar-refractivity contribution in [3.05, 3.63) is 0 Å². The molecule has 1 rings (SSSR count). The Balaban J connectivity index is 0.000000810. The molecule has 10 heavy (non-hydrogen) atoms. The fourth-order valence-electron chi connectivity index (χ4n) is 1.03. The van der Waals surface area contributed by atoms with E-state index in [4.69, 9.17) is 0 Å². The molecule has 1 fully saturated rings. The molecule has 0 aliphatic carbocycles. The van der Waals surface area contributed by atoms with Crippen LogP contribution in [0.4, 0.5) is 4.39 Å². The predicted octanol–water partition coefficient (Wildman–Crippen LogP) is 0.492. The molecule has 1 aliphatic heterocycles. The Bertz CT molecular complexity index is 95.7. The first-order valence-electron chi connectivity index (χ1n) is 3.26. The lowest BCUT2D eigenvalue weighted by Crippen LogP contribution is -2.43. The molecule has 0 atom stereocenters. The summed E-state index contributed by atoms with van der Waals surface area (Å²) < 4.78 is 12.0. The molecule has 1 aliphatic rings. The summed E-state index contributed by atoms with van der Waals surface area (Å²) >= 11 is 0. The van der Waals surface area contributed by atoms with Crippen molar-refractivity contribution < 1.29 is 9.50 Å². The van der Waals surface area contributed by atoms with Crippen molar-refractivity contribution in [1.82, 2.24) is 5.32 Å². The van der Waals surface area contributed by atoms with Crippen LogP contribution < -0.4 is 5.32 Å².